The zero-order valence-corrected chi connectivity index (χ0v) is 9.09. The quantitative estimate of drug-likeness (QED) is 0.555. The highest BCUT2D eigenvalue weighted by Gasteiger charge is 2.02. The van der Waals surface area contributed by atoms with Gasteiger partial charge in [0.05, 0.1) is 13.2 Å². The third-order valence-electron chi connectivity index (χ3n) is 1.23. The Bertz CT molecular complexity index is 63.5. The molecule has 76 valence electrons. The second kappa shape index (κ2) is 13.5. The Morgan fingerprint density at radius 2 is 1.42 bits per heavy atom. The van der Waals surface area contributed by atoms with Crippen LogP contribution < -0.4 is 0 Å². The maximum absolute atomic E-state index is 5.10. The number of likely N-dealkylation sites (N-methyl/N-ethyl adjacent to an activating group) is 1. The molecular weight excluding hydrogens is 154 g/mol. The zero-order valence-electron chi connectivity index (χ0n) is 9.09. The molecule has 1 aliphatic heterocycles. The van der Waals surface area contributed by atoms with Crippen molar-refractivity contribution in [3.05, 3.63) is 0 Å². The van der Waals surface area contributed by atoms with Crippen LogP contribution in [0, 0.1) is 0 Å². The molecule has 0 radical (unpaired) electrons. The molecule has 1 saturated heterocycles. The topological polar surface area (TPSA) is 21.7 Å². The molecular formula is C9H23NO2. The molecule has 0 N–H and O–H groups in total. The van der Waals surface area contributed by atoms with Crippen LogP contribution in [0.1, 0.15) is 13.8 Å². The minimum atomic E-state index is 0.913. The third kappa shape index (κ3) is 12.5. The Kier molecular flexibility index (Phi) is 16.2. The summed E-state index contributed by atoms with van der Waals surface area (Å²) in [5, 5.41) is 0. The maximum Gasteiger partial charge on any atom is 0.0594 e. The van der Waals surface area contributed by atoms with Gasteiger partial charge in [-0.25, -0.2) is 0 Å². The predicted molar refractivity (Wildman–Crippen MR) is 52.6 cm³/mol. The lowest BCUT2D eigenvalue weighted by molar-refractivity contribution is 0.0503. The van der Waals surface area contributed by atoms with Gasteiger partial charge in [-0.15, -0.1) is 0 Å². The summed E-state index contributed by atoms with van der Waals surface area (Å²) in [6.45, 7) is 8.02. The standard InChI is InChI=1S/C5H11NO.C2H6O.C2H6/c1-6-2-4-7-5-3-6;1-3-2;1-2/h2-5H2,1H3;1-2H3;1-2H3. The number of hydrogen-bond donors (Lipinski definition) is 0. The molecule has 0 aromatic heterocycles. The SMILES string of the molecule is CC.CN1CCOCC1.COC. The van der Waals surface area contributed by atoms with Crippen LogP contribution in [0.3, 0.4) is 0 Å². The Labute approximate surface area is 76.7 Å². The molecule has 0 spiro atoms. The third-order valence-corrected chi connectivity index (χ3v) is 1.23. The van der Waals surface area contributed by atoms with E-state index in [9.17, 15) is 0 Å². The monoisotopic (exact) mass is 177 g/mol. The molecule has 0 atom stereocenters. The number of methoxy groups -OCH3 is 1. The van der Waals surface area contributed by atoms with Gasteiger partial charge in [0, 0.05) is 27.3 Å². The number of ether oxygens (including phenoxy) is 2. The minimum Gasteiger partial charge on any atom is -0.388 e. The lowest BCUT2D eigenvalue weighted by Gasteiger charge is -2.21. The van der Waals surface area contributed by atoms with Crippen LogP contribution in [0.4, 0.5) is 0 Å². The molecule has 0 aliphatic carbocycles. The van der Waals surface area contributed by atoms with E-state index in [1.807, 2.05) is 13.8 Å². The molecule has 0 unspecified atom stereocenters. The van der Waals surface area contributed by atoms with Crippen molar-refractivity contribution in [2.24, 2.45) is 0 Å². The summed E-state index contributed by atoms with van der Waals surface area (Å²) in [4.78, 5) is 2.27. The van der Waals surface area contributed by atoms with Gasteiger partial charge in [0.15, 0.2) is 0 Å². The van der Waals surface area contributed by atoms with E-state index >= 15 is 0 Å². The fraction of sp³-hybridized carbons (Fsp3) is 1.00. The van der Waals surface area contributed by atoms with Gasteiger partial charge in [0.1, 0.15) is 0 Å². The average Bonchev–Trinajstić information content (AvgIpc) is 2.11. The number of rotatable bonds is 0. The molecule has 1 heterocycles. The first-order valence-corrected chi connectivity index (χ1v) is 4.47. The van der Waals surface area contributed by atoms with E-state index in [2.05, 4.69) is 16.7 Å². The van der Waals surface area contributed by atoms with Crippen LogP contribution in [0.2, 0.25) is 0 Å². The van der Waals surface area contributed by atoms with Gasteiger partial charge in [0.25, 0.3) is 0 Å². The number of morpholine rings is 1. The lowest BCUT2D eigenvalue weighted by atomic mass is 10.5. The van der Waals surface area contributed by atoms with Gasteiger partial charge in [-0.05, 0) is 7.05 Å². The Hall–Kier alpha value is -0.120. The molecule has 1 rings (SSSR count). The molecule has 12 heavy (non-hydrogen) atoms. The number of hydrogen-bond acceptors (Lipinski definition) is 3. The van der Waals surface area contributed by atoms with Crippen LogP contribution in [-0.2, 0) is 9.47 Å². The van der Waals surface area contributed by atoms with Gasteiger partial charge >= 0.3 is 0 Å². The van der Waals surface area contributed by atoms with Crippen molar-refractivity contribution in [2.75, 3.05) is 47.6 Å². The highest BCUT2D eigenvalue weighted by molar-refractivity contribution is 4.53. The van der Waals surface area contributed by atoms with Crippen molar-refractivity contribution in [2.45, 2.75) is 13.8 Å². The fourth-order valence-corrected chi connectivity index (χ4v) is 0.655. The van der Waals surface area contributed by atoms with Crippen molar-refractivity contribution in [3.63, 3.8) is 0 Å². The van der Waals surface area contributed by atoms with Gasteiger partial charge in [-0.2, -0.15) is 0 Å². The van der Waals surface area contributed by atoms with Gasteiger partial charge in [-0.1, -0.05) is 13.8 Å². The first-order chi connectivity index (χ1) is 5.81. The van der Waals surface area contributed by atoms with Crippen molar-refractivity contribution < 1.29 is 9.47 Å². The first-order valence-electron chi connectivity index (χ1n) is 4.47. The van der Waals surface area contributed by atoms with Crippen LogP contribution in [0.25, 0.3) is 0 Å². The van der Waals surface area contributed by atoms with E-state index in [1.165, 1.54) is 0 Å². The van der Waals surface area contributed by atoms with E-state index in [0.717, 1.165) is 26.3 Å². The van der Waals surface area contributed by atoms with Crippen LogP contribution in [-0.4, -0.2) is 52.5 Å². The Morgan fingerprint density at radius 1 is 1.08 bits per heavy atom. The summed E-state index contributed by atoms with van der Waals surface area (Å²) in [6, 6.07) is 0. The van der Waals surface area contributed by atoms with Crippen LogP contribution in [0.5, 0.6) is 0 Å². The van der Waals surface area contributed by atoms with Crippen LogP contribution in [0.15, 0.2) is 0 Å². The molecule has 3 nitrogen and oxygen atoms in total. The molecule has 0 amide bonds. The van der Waals surface area contributed by atoms with Gasteiger partial charge in [0.2, 0.25) is 0 Å². The predicted octanol–water partition coefficient (Wildman–Crippen LogP) is 1.24. The summed E-state index contributed by atoms with van der Waals surface area (Å²) < 4.78 is 9.35. The largest absolute Gasteiger partial charge is 0.388 e. The second-order valence-electron chi connectivity index (χ2n) is 2.32. The maximum atomic E-state index is 5.10. The summed E-state index contributed by atoms with van der Waals surface area (Å²) in [5.74, 6) is 0. The Balaban J connectivity index is 0. The molecule has 1 aliphatic rings. The van der Waals surface area contributed by atoms with Crippen molar-refractivity contribution in [1.82, 2.24) is 4.90 Å². The molecule has 3 heteroatoms. The summed E-state index contributed by atoms with van der Waals surface area (Å²) >= 11 is 0. The first kappa shape index (κ1) is 14.4. The fourth-order valence-electron chi connectivity index (χ4n) is 0.655. The summed E-state index contributed by atoms with van der Waals surface area (Å²) in [6.07, 6.45) is 0. The second-order valence-corrected chi connectivity index (χ2v) is 2.32. The molecule has 1 fully saturated rings. The van der Waals surface area contributed by atoms with Crippen molar-refractivity contribution >= 4 is 0 Å². The van der Waals surface area contributed by atoms with Gasteiger partial charge < -0.3 is 14.4 Å². The van der Waals surface area contributed by atoms with Crippen molar-refractivity contribution in [1.29, 1.82) is 0 Å². The Morgan fingerprint density at radius 3 is 1.58 bits per heavy atom. The summed E-state index contributed by atoms with van der Waals surface area (Å²) in [5.41, 5.74) is 0. The van der Waals surface area contributed by atoms with E-state index in [4.69, 9.17) is 4.74 Å². The molecule has 0 aromatic carbocycles. The minimum absolute atomic E-state index is 0.913. The van der Waals surface area contributed by atoms with Crippen molar-refractivity contribution in [3.8, 4) is 0 Å². The molecule has 0 aromatic rings. The smallest absolute Gasteiger partial charge is 0.0594 e. The summed E-state index contributed by atoms with van der Waals surface area (Å²) in [7, 11) is 5.36. The lowest BCUT2D eigenvalue weighted by Crippen LogP contribution is -2.32. The average molecular weight is 177 g/mol. The van der Waals surface area contributed by atoms with E-state index in [0.29, 0.717) is 0 Å². The van der Waals surface area contributed by atoms with Gasteiger partial charge in [-0.3, -0.25) is 0 Å². The highest BCUT2D eigenvalue weighted by Crippen LogP contribution is 1.89. The zero-order chi connectivity index (χ0) is 9.82. The highest BCUT2D eigenvalue weighted by atomic mass is 16.5. The van der Waals surface area contributed by atoms with E-state index < -0.39 is 0 Å². The number of nitrogens with zero attached hydrogens (tertiary/aromatic N) is 1. The van der Waals surface area contributed by atoms with Crippen LogP contribution >= 0.6 is 0 Å². The van der Waals surface area contributed by atoms with E-state index in [-0.39, 0.29) is 0 Å². The molecule has 0 saturated carbocycles. The molecule has 0 bridgehead atoms. The van der Waals surface area contributed by atoms with E-state index in [1.54, 1.807) is 14.2 Å². The normalized spacial score (nSPS) is 16.8.